The summed E-state index contributed by atoms with van der Waals surface area (Å²) in [6, 6.07) is 4.54. The standard InChI is InChI=1S/C22H24F4N4O3S/c1-14-11-16(22(24,25)26)13-27-20(14)28-6-8-29(9-7-28)21(31)18-4-3-17(12-19(18)23)30-15(2)5-10-34(30,32)33/h3-4,11-13,15H,5-10H2,1-2H3/t15-/m1/s1. The van der Waals surface area contributed by atoms with E-state index in [9.17, 15) is 30.8 Å². The maximum atomic E-state index is 14.8. The first-order valence-electron chi connectivity index (χ1n) is 10.8. The van der Waals surface area contributed by atoms with Gasteiger partial charge in [-0.15, -0.1) is 0 Å². The molecule has 0 spiro atoms. The summed E-state index contributed by atoms with van der Waals surface area (Å²) in [5, 5.41) is 0. The van der Waals surface area contributed by atoms with Crippen molar-refractivity contribution in [2.24, 2.45) is 0 Å². The Morgan fingerprint density at radius 1 is 1.12 bits per heavy atom. The maximum absolute atomic E-state index is 14.8. The SMILES string of the molecule is Cc1cc(C(F)(F)F)cnc1N1CCN(C(=O)c2ccc(N3[C@H](C)CCS3(=O)=O)cc2F)CC1. The van der Waals surface area contributed by atoms with Crippen molar-refractivity contribution in [3.05, 3.63) is 53.0 Å². The molecule has 2 fully saturated rings. The fraction of sp³-hybridized carbons (Fsp3) is 0.455. The van der Waals surface area contributed by atoms with Gasteiger partial charge in [0.25, 0.3) is 5.91 Å². The smallest absolute Gasteiger partial charge is 0.353 e. The Morgan fingerprint density at radius 3 is 2.32 bits per heavy atom. The van der Waals surface area contributed by atoms with Gasteiger partial charge < -0.3 is 9.80 Å². The lowest BCUT2D eigenvalue weighted by Gasteiger charge is -2.36. The van der Waals surface area contributed by atoms with E-state index in [1.165, 1.54) is 21.3 Å². The molecule has 184 valence electrons. The number of sulfonamides is 1. The van der Waals surface area contributed by atoms with Gasteiger partial charge in [-0.25, -0.2) is 17.8 Å². The zero-order valence-corrected chi connectivity index (χ0v) is 19.5. The van der Waals surface area contributed by atoms with E-state index in [-0.39, 0.29) is 36.1 Å². The van der Waals surface area contributed by atoms with E-state index in [2.05, 4.69) is 4.98 Å². The Hall–Kier alpha value is -2.89. The van der Waals surface area contributed by atoms with Gasteiger partial charge in [-0.05, 0) is 50.1 Å². The second kappa shape index (κ2) is 8.71. The largest absolute Gasteiger partial charge is 0.417 e. The number of anilines is 2. The van der Waals surface area contributed by atoms with E-state index in [0.29, 0.717) is 30.9 Å². The summed E-state index contributed by atoms with van der Waals surface area (Å²) in [7, 11) is -3.51. The highest BCUT2D eigenvalue weighted by Gasteiger charge is 2.36. The number of alkyl halides is 3. The van der Waals surface area contributed by atoms with Crippen molar-refractivity contribution in [3.63, 3.8) is 0 Å². The predicted octanol–water partition coefficient (Wildman–Crippen LogP) is 3.44. The molecule has 0 saturated carbocycles. The molecule has 1 aromatic carbocycles. The van der Waals surface area contributed by atoms with Crippen molar-refractivity contribution in [2.75, 3.05) is 41.1 Å². The van der Waals surface area contributed by atoms with Crippen LogP contribution in [0.15, 0.2) is 30.5 Å². The first kappa shape index (κ1) is 24.2. The van der Waals surface area contributed by atoms with Crippen molar-refractivity contribution in [3.8, 4) is 0 Å². The average molecular weight is 501 g/mol. The fourth-order valence-electron chi connectivity index (χ4n) is 4.38. The summed E-state index contributed by atoms with van der Waals surface area (Å²) in [5.74, 6) is -0.928. The quantitative estimate of drug-likeness (QED) is 0.604. The first-order valence-corrected chi connectivity index (χ1v) is 12.4. The Labute approximate surface area is 195 Å². The van der Waals surface area contributed by atoms with Gasteiger partial charge in [0.15, 0.2) is 0 Å². The van der Waals surface area contributed by atoms with Crippen LogP contribution < -0.4 is 9.21 Å². The molecule has 1 amide bonds. The molecule has 1 aromatic heterocycles. The Bertz CT molecular complexity index is 1210. The maximum Gasteiger partial charge on any atom is 0.417 e. The minimum absolute atomic E-state index is 0.00594. The number of aromatic nitrogens is 1. The molecule has 3 heterocycles. The van der Waals surface area contributed by atoms with Gasteiger partial charge in [0.1, 0.15) is 11.6 Å². The Kier molecular flexibility index (Phi) is 6.21. The Morgan fingerprint density at radius 2 is 1.79 bits per heavy atom. The van der Waals surface area contributed by atoms with Gasteiger partial charge in [0.05, 0.1) is 22.6 Å². The van der Waals surface area contributed by atoms with Gasteiger partial charge in [0.2, 0.25) is 10.0 Å². The summed E-state index contributed by atoms with van der Waals surface area (Å²) in [6.07, 6.45) is -3.24. The van der Waals surface area contributed by atoms with Crippen LogP contribution in [0.25, 0.3) is 0 Å². The van der Waals surface area contributed by atoms with Crippen LogP contribution in [0.5, 0.6) is 0 Å². The van der Waals surface area contributed by atoms with Gasteiger partial charge >= 0.3 is 6.18 Å². The fourth-order valence-corrected chi connectivity index (χ4v) is 6.31. The van der Waals surface area contributed by atoms with Crippen molar-refractivity contribution in [2.45, 2.75) is 32.5 Å². The van der Waals surface area contributed by atoms with Crippen LogP contribution >= 0.6 is 0 Å². The zero-order chi connectivity index (χ0) is 24.8. The molecule has 12 heteroatoms. The molecular weight excluding hydrogens is 476 g/mol. The average Bonchev–Trinajstić information content (AvgIpc) is 3.05. The van der Waals surface area contributed by atoms with E-state index >= 15 is 0 Å². The summed E-state index contributed by atoms with van der Waals surface area (Å²) in [6.45, 7) is 4.42. The van der Waals surface area contributed by atoms with Crippen molar-refractivity contribution >= 4 is 27.4 Å². The highest BCUT2D eigenvalue weighted by atomic mass is 32.2. The Balaban J connectivity index is 1.45. The lowest BCUT2D eigenvalue weighted by atomic mass is 10.1. The van der Waals surface area contributed by atoms with Crippen LogP contribution in [0, 0.1) is 12.7 Å². The number of pyridine rings is 1. The number of hydrogen-bond donors (Lipinski definition) is 0. The molecule has 0 aliphatic carbocycles. The summed E-state index contributed by atoms with van der Waals surface area (Å²) in [5.41, 5.74) is -0.419. The molecule has 4 rings (SSSR count). The topological polar surface area (TPSA) is 73.8 Å². The molecule has 0 N–H and O–H groups in total. The third-order valence-electron chi connectivity index (χ3n) is 6.18. The van der Waals surface area contributed by atoms with Crippen LogP contribution in [-0.4, -0.2) is 62.2 Å². The van der Waals surface area contributed by atoms with Gasteiger partial charge in [0, 0.05) is 38.4 Å². The highest BCUT2D eigenvalue weighted by Crippen LogP contribution is 2.32. The molecule has 2 aliphatic heterocycles. The van der Waals surface area contributed by atoms with Crippen LogP contribution in [0.1, 0.15) is 34.8 Å². The van der Waals surface area contributed by atoms with Crippen molar-refractivity contribution in [1.82, 2.24) is 9.88 Å². The van der Waals surface area contributed by atoms with E-state index in [0.717, 1.165) is 18.3 Å². The molecule has 0 unspecified atom stereocenters. The third-order valence-corrected chi connectivity index (χ3v) is 8.10. The highest BCUT2D eigenvalue weighted by molar-refractivity contribution is 7.93. The van der Waals surface area contributed by atoms with Crippen LogP contribution in [0.3, 0.4) is 0 Å². The molecule has 0 radical (unpaired) electrons. The monoisotopic (exact) mass is 500 g/mol. The lowest BCUT2D eigenvalue weighted by molar-refractivity contribution is -0.137. The number of rotatable bonds is 3. The number of amides is 1. The molecule has 7 nitrogen and oxygen atoms in total. The van der Waals surface area contributed by atoms with E-state index in [1.807, 2.05) is 0 Å². The van der Waals surface area contributed by atoms with E-state index < -0.39 is 33.5 Å². The van der Waals surface area contributed by atoms with Crippen molar-refractivity contribution in [1.29, 1.82) is 0 Å². The summed E-state index contributed by atoms with van der Waals surface area (Å²) < 4.78 is 79.2. The molecular formula is C22H24F4N4O3S. The van der Waals surface area contributed by atoms with E-state index in [4.69, 9.17) is 0 Å². The summed E-state index contributed by atoms with van der Waals surface area (Å²) in [4.78, 5) is 20.1. The second-order valence-electron chi connectivity index (χ2n) is 8.56. The first-order chi connectivity index (χ1) is 15.9. The molecule has 1 atom stereocenters. The van der Waals surface area contributed by atoms with Gasteiger partial charge in [-0.3, -0.25) is 9.10 Å². The molecule has 0 bridgehead atoms. The van der Waals surface area contributed by atoms with E-state index in [1.54, 1.807) is 18.7 Å². The number of benzene rings is 1. The molecule has 2 aromatic rings. The third kappa shape index (κ3) is 4.55. The van der Waals surface area contributed by atoms with Gasteiger partial charge in [-0.2, -0.15) is 13.2 Å². The molecule has 34 heavy (non-hydrogen) atoms. The van der Waals surface area contributed by atoms with Crippen LogP contribution in [-0.2, 0) is 16.2 Å². The number of carbonyl (C=O) groups excluding carboxylic acids is 1. The van der Waals surface area contributed by atoms with Crippen LogP contribution in [0.2, 0.25) is 0 Å². The van der Waals surface area contributed by atoms with Crippen molar-refractivity contribution < 1.29 is 30.8 Å². The molecule has 2 aliphatic rings. The lowest BCUT2D eigenvalue weighted by Crippen LogP contribution is -2.49. The number of piperazine rings is 1. The number of carbonyl (C=O) groups is 1. The second-order valence-corrected chi connectivity index (χ2v) is 10.5. The minimum atomic E-state index is -4.47. The number of nitrogens with zero attached hydrogens (tertiary/aromatic N) is 4. The minimum Gasteiger partial charge on any atom is -0.353 e. The number of halogens is 4. The van der Waals surface area contributed by atoms with Crippen LogP contribution in [0.4, 0.5) is 29.1 Å². The molecule has 2 saturated heterocycles. The zero-order valence-electron chi connectivity index (χ0n) is 18.6. The number of aryl methyl sites for hydroxylation is 1. The normalized spacial score (nSPS) is 20.6. The van der Waals surface area contributed by atoms with Gasteiger partial charge in [-0.1, -0.05) is 0 Å². The predicted molar refractivity (Wildman–Crippen MR) is 119 cm³/mol. The summed E-state index contributed by atoms with van der Waals surface area (Å²) >= 11 is 0. The number of hydrogen-bond acceptors (Lipinski definition) is 5.